The summed E-state index contributed by atoms with van der Waals surface area (Å²) in [5.41, 5.74) is 2.32. The summed E-state index contributed by atoms with van der Waals surface area (Å²) >= 11 is 1.62. The number of aromatic nitrogens is 1. The molecule has 3 aromatic rings. The molecule has 2 heterocycles. The summed E-state index contributed by atoms with van der Waals surface area (Å²) in [4.78, 5) is 30.3. The molecule has 1 fully saturated rings. The molecule has 0 radical (unpaired) electrons. The molecule has 2 amide bonds. The number of thiazole rings is 1. The van der Waals surface area contributed by atoms with E-state index in [0.29, 0.717) is 24.5 Å². The second-order valence-corrected chi connectivity index (χ2v) is 7.69. The topological polar surface area (TPSA) is 83.6 Å². The van der Waals surface area contributed by atoms with Gasteiger partial charge in [0.2, 0.25) is 11.8 Å². The number of hydrogen-bond acceptors (Lipinski definition) is 6. The van der Waals surface area contributed by atoms with Gasteiger partial charge in [0.15, 0.2) is 5.13 Å². The predicted octanol–water partition coefficient (Wildman–Crippen LogP) is 3.34. The molecule has 0 spiro atoms. The fraction of sp³-hybridized carbons (Fsp3) is 0.250. The summed E-state index contributed by atoms with van der Waals surface area (Å²) in [5, 5.41) is 6.55. The number of ether oxygens (including phenoxy) is 1. The van der Waals surface area contributed by atoms with E-state index in [4.69, 9.17) is 4.74 Å². The fourth-order valence-corrected chi connectivity index (χ4v) is 4.01. The van der Waals surface area contributed by atoms with Crippen molar-refractivity contribution in [1.29, 1.82) is 0 Å². The number of methoxy groups -OCH3 is 1. The molecule has 1 saturated heterocycles. The maximum Gasteiger partial charge on any atom is 0.231 e. The number of rotatable bonds is 5. The van der Waals surface area contributed by atoms with Gasteiger partial charge >= 0.3 is 0 Å². The molecule has 4 rings (SSSR count). The number of benzene rings is 2. The molecular weight excluding hydrogens is 376 g/mol. The van der Waals surface area contributed by atoms with Crippen molar-refractivity contribution >= 4 is 49.9 Å². The molecule has 0 atom stereocenters. The number of carbonyl (C=O) groups excluding carboxylic acids is 2. The summed E-state index contributed by atoms with van der Waals surface area (Å²) in [7, 11) is 1.64. The van der Waals surface area contributed by atoms with Crippen LogP contribution in [0.1, 0.15) is 6.92 Å². The van der Waals surface area contributed by atoms with Gasteiger partial charge in [0.1, 0.15) is 5.75 Å². The van der Waals surface area contributed by atoms with Gasteiger partial charge in [-0.05, 0) is 36.4 Å². The molecule has 0 aliphatic carbocycles. The first kappa shape index (κ1) is 18.2. The standard InChI is InChI=1S/C20H20N4O3S/c1-12(25)21-14-3-5-15(6-4-14)22-19(26)13-10-24(11-13)20-23-17-9-16(27-2)7-8-18(17)28-20/h3-9,13H,10-11H2,1-2H3,(H,21,25)(H,22,26). The molecular formula is C20H20N4O3S. The van der Waals surface area contributed by atoms with Gasteiger partial charge in [-0.3, -0.25) is 9.59 Å². The quantitative estimate of drug-likeness (QED) is 0.691. The lowest BCUT2D eigenvalue weighted by Gasteiger charge is -2.37. The molecule has 28 heavy (non-hydrogen) atoms. The minimum absolute atomic E-state index is 0.00805. The minimum atomic E-state index is -0.125. The molecule has 1 aliphatic heterocycles. The lowest BCUT2D eigenvalue weighted by Crippen LogP contribution is -2.52. The Morgan fingerprint density at radius 2 is 1.79 bits per heavy atom. The Morgan fingerprint density at radius 1 is 1.11 bits per heavy atom. The van der Waals surface area contributed by atoms with Crippen molar-refractivity contribution in [3.8, 4) is 5.75 Å². The highest BCUT2D eigenvalue weighted by Gasteiger charge is 2.34. The lowest BCUT2D eigenvalue weighted by atomic mass is 10.00. The van der Waals surface area contributed by atoms with Crippen molar-refractivity contribution in [3.63, 3.8) is 0 Å². The van der Waals surface area contributed by atoms with Crippen LogP contribution >= 0.6 is 11.3 Å². The molecule has 0 unspecified atom stereocenters. The summed E-state index contributed by atoms with van der Waals surface area (Å²) in [5.74, 6) is 0.581. The van der Waals surface area contributed by atoms with E-state index in [2.05, 4.69) is 20.5 Å². The van der Waals surface area contributed by atoms with E-state index in [9.17, 15) is 9.59 Å². The highest BCUT2D eigenvalue weighted by atomic mass is 32.1. The summed E-state index contributed by atoms with van der Waals surface area (Å²) in [6.45, 7) is 2.75. The second-order valence-electron chi connectivity index (χ2n) is 6.68. The van der Waals surface area contributed by atoms with Crippen molar-refractivity contribution in [2.75, 3.05) is 35.7 Å². The Kier molecular flexibility index (Phi) is 4.87. The van der Waals surface area contributed by atoms with Crippen LogP contribution in [0.25, 0.3) is 10.2 Å². The van der Waals surface area contributed by atoms with E-state index in [0.717, 1.165) is 21.1 Å². The summed E-state index contributed by atoms with van der Waals surface area (Å²) < 4.78 is 6.34. The van der Waals surface area contributed by atoms with Gasteiger partial charge in [-0.25, -0.2) is 4.98 Å². The molecule has 7 nitrogen and oxygen atoms in total. The Hall–Kier alpha value is -3.13. The zero-order chi connectivity index (χ0) is 19.7. The van der Waals surface area contributed by atoms with Gasteiger partial charge in [0, 0.05) is 37.5 Å². The molecule has 2 aromatic carbocycles. The third-order valence-electron chi connectivity index (χ3n) is 4.58. The van der Waals surface area contributed by atoms with Crippen LogP contribution in [-0.2, 0) is 9.59 Å². The maximum atomic E-state index is 12.4. The normalized spacial score (nSPS) is 13.9. The molecule has 1 aromatic heterocycles. The molecule has 0 saturated carbocycles. The van der Waals surface area contributed by atoms with E-state index < -0.39 is 0 Å². The van der Waals surface area contributed by atoms with E-state index in [1.54, 1.807) is 42.7 Å². The van der Waals surface area contributed by atoms with E-state index in [-0.39, 0.29) is 17.7 Å². The van der Waals surface area contributed by atoms with Crippen LogP contribution < -0.4 is 20.3 Å². The third kappa shape index (κ3) is 3.77. The Labute approximate surface area is 166 Å². The van der Waals surface area contributed by atoms with Gasteiger partial charge < -0.3 is 20.3 Å². The third-order valence-corrected chi connectivity index (χ3v) is 5.68. The smallest absolute Gasteiger partial charge is 0.231 e. The molecule has 8 heteroatoms. The monoisotopic (exact) mass is 396 g/mol. The van der Waals surface area contributed by atoms with E-state index >= 15 is 0 Å². The number of anilines is 3. The Bertz CT molecular complexity index is 1030. The SMILES string of the molecule is COc1ccc2sc(N3CC(C(=O)Nc4ccc(NC(C)=O)cc4)C3)nc2c1. The van der Waals surface area contributed by atoms with Gasteiger partial charge in [-0.15, -0.1) is 0 Å². The molecule has 0 bridgehead atoms. The predicted molar refractivity (Wildman–Crippen MR) is 111 cm³/mol. The van der Waals surface area contributed by atoms with Crippen LogP contribution in [0.5, 0.6) is 5.75 Å². The van der Waals surface area contributed by atoms with Gasteiger partial charge in [0.25, 0.3) is 0 Å². The highest BCUT2D eigenvalue weighted by Crippen LogP contribution is 2.34. The van der Waals surface area contributed by atoms with E-state index in [1.807, 2.05) is 18.2 Å². The number of hydrogen-bond donors (Lipinski definition) is 2. The first-order valence-electron chi connectivity index (χ1n) is 8.90. The zero-order valence-electron chi connectivity index (χ0n) is 15.6. The van der Waals surface area contributed by atoms with E-state index in [1.165, 1.54) is 6.92 Å². The average Bonchev–Trinajstić information content (AvgIpc) is 3.04. The Morgan fingerprint density at radius 3 is 2.43 bits per heavy atom. The van der Waals surface area contributed by atoms with Crippen molar-refractivity contribution in [3.05, 3.63) is 42.5 Å². The van der Waals surface area contributed by atoms with Crippen molar-refractivity contribution < 1.29 is 14.3 Å². The molecule has 1 aliphatic rings. The maximum absolute atomic E-state index is 12.4. The molecule has 144 valence electrons. The number of nitrogens with one attached hydrogen (secondary N) is 2. The van der Waals surface area contributed by atoms with Crippen LogP contribution in [0.3, 0.4) is 0 Å². The van der Waals surface area contributed by atoms with Crippen molar-refractivity contribution in [1.82, 2.24) is 4.98 Å². The highest BCUT2D eigenvalue weighted by molar-refractivity contribution is 7.22. The number of nitrogens with zero attached hydrogens (tertiary/aromatic N) is 2. The largest absolute Gasteiger partial charge is 0.497 e. The lowest BCUT2D eigenvalue weighted by molar-refractivity contribution is -0.120. The average molecular weight is 396 g/mol. The Balaban J connectivity index is 1.34. The number of amides is 2. The minimum Gasteiger partial charge on any atom is -0.497 e. The second kappa shape index (κ2) is 7.47. The van der Waals surface area contributed by atoms with Crippen LogP contribution in [0.15, 0.2) is 42.5 Å². The van der Waals surface area contributed by atoms with Crippen LogP contribution in [0.2, 0.25) is 0 Å². The van der Waals surface area contributed by atoms with Crippen molar-refractivity contribution in [2.24, 2.45) is 5.92 Å². The first-order chi connectivity index (χ1) is 13.5. The zero-order valence-corrected chi connectivity index (χ0v) is 16.4. The first-order valence-corrected chi connectivity index (χ1v) is 9.71. The van der Waals surface area contributed by atoms with Gasteiger partial charge in [0.05, 0.1) is 23.2 Å². The summed E-state index contributed by atoms with van der Waals surface area (Å²) in [6.07, 6.45) is 0. The number of carbonyl (C=O) groups is 2. The summed E-state index contributed by atoms with van der Waals surface area (Å²) in [6, 6.07) is 12.9. The fourth-order valence-electron chi connectivity index (χ4n) is 3.04. The number of fused-ring (bicyclic) bond motifs is 1. The van der Waals surface area contributed by atoms with Crippen LogP contribution in [-0.4, -0.2) is 37.0 Å². The van der Waals surface area contributed by atoms with Crippen LogP contribution in [0.4, 0.5) is 16.5 Å². The van der Waals surface area contributed by atoms with Crippen molar-refractivity contribution in [2.45, 2.75) is 6.92 Å². The van der Waals surface area contributed by atoms with Gasteiger partial charge in [-0.2, -0.15) is 0 Å². The van der Waals surface area contributed by atoms with Crippen LogP contribution in [0, 0.1) is 5.92 Å². The molecule has 2 N–H and O–H groups in total. The van der Waals surface area contributed by atoms with Gasteiger partial charge in [-0.1, -0.05) is 11.3 Å².